The molecule has 0 rings (SSSR count). The molecule has 0 heterocycles. The Morgan fingerprint density at radius 3 is 2.18 bits per heavy atom. The molecule has 11 heavy (non-hydrogen) atoms. The molecule has 0 amide bonds. The first-order valence-electron chi connectivity index (χ1n) is 4.35. The van der Waals surface area contributed by atoms with Gasteiger partial charge in [-0.25, -0.2) is 5.11 Å². The van der Waals surface area contributed by atoms with Gasteiger partial charge >= 0.3 is 0 Å². The van der Waals surface area contributed by atoms with Gasteiger partial charge in [-0.15, -0.1) is 0 Å². The second kappa shape index (κ2) is 6.23. The lowest BCUT2D eigenvalue weighted by Gasteiger charge is -2.21. The van der Waals surface area contributed by atoms with Crippen molar-refractivity contribution in [3.63, 3.8) is 0 Å². The van der Waals surface area contributed by atoms with Gasteiger partial charge < -0.3 is 0 Å². The standard InChI is InChI=1S/C9H18IO/c1-4-5-7(2)9(10)8(3)6-11/h7-9H,4-6H2,1-3H3. The fourth-order valence-corrected chi connectivity index (χ4v) is 1.83. The van der Waals surface area contributed by atoms with Crippen molar-refractivity contribution in [1.29, 1.82) is 0 Å². The number of halogens is 1. The third-order valence-corrected chi connectivity index (χ3v) is 4.55. The van der Waals surface area contributed by atoms with Gasteiger partial charge in [-0.3, -0.25) is 0 Å². The van der Waals surface area contributed by atoms with Crippen LogP contribution in [0.25, 0.3) is 0 Å². The molecule has 1 radical (unpaired) electrons. The summed E-state index contributed by atoms with van der Waals surface area (Å²) >= 11 is 2.42. The van der Waals surface area contributed by atoms with Crippen LogP contribution >= 0.6 is 22.6 Å². The Hall–Kier alpha value is 0.690. The molecule has 3 unspecified atom stereocenters. The average molecular weight is 269 g/mol. The fraction of sp³-hybridized carbons (Fsp3) is 1.00. The molecule has 0 saturated carbocycles. The van der Waals surface area contributed by atoms with E-state index in [9.17, 15) is 5.11 Å². The van der Waals surface area contributed by atoms with Crippen LogP contribution in [0.2, 0.25) is 0 Å². The van der Waals surface area contributed by atoms with Crippen LogP contribution in [0.1, 0.15) is 33.6 Å². The Kier molecular flexibility index (Phi) is 6.62. The number of rotatable bonds is 5. The number of hydrogen-bond donors (Lipinski definition) is 0. The van der Waals surface area contributed by atoms with Crippen LogP contribution in [-0.2, 0) is 5.11 Å². The molecular weight excluding hydrogens is 251 g/mol. The predicted octanol–water partition coefficient (Wildman–Crippen LogP) is 3.29. The van der Waals surface area contributed by atoms with Crippen molar-refractivity contribution in [2.75, 3.05) is 6.61 Å². The molecule has 0 bridgehead atoms. The Morgan fingerprint density at radius 1 is 1.27 bits per heavy atom. The molecule has 0 aromatic heterocycles. The first-order chi connectivity index (χ1) is 5.13. The minimum atomic E-state index is 0.0711. The van der Waals surface area contributed by atoms with Crippen LogP contribution < -0.4 is 0 Å². The molecule has 0 N–H and O–H groups in total. The Bertz CT molecular complexity index is 95.6. The van der Waals surface area contributed by atoms with E-state index >= 15 is 0 Å². The first kappa shape index (κ1) is 11.7. The highest BCUT2D eigenvalue weighted by atomic mass is 127. The predicted molar refractivity (Wildman–Crippen MR) is 56.6 cm³/mol. The van der Waals surface area contributed by atoms with Gasteiger partial charge in [0.2, 0.25) is 0 Å². The van der Waals surface area contributed by atoms with Gasteiger partial charge in [0.05, 0.1) is 6.61 Å². The quantitative estimate of drug-likeness (QED) is 0.539. The minimum Gasteiger partial charge on any atom is -0.236 e. The summed E-state index contributed by atoms with van der Waals surface area (Å²) in [4.78, 5) is 0. The third-order valence-electron chi connectivity index (χ3n) is 2.09. The van der Waals surface area contributed by atoms with E-state index < -0.39 is 0 Å². The first-order valence-corrected chi connectivity index (χ1v) is 5.60. The maximum atomic E-state index is 10.6. The van der Waals surface area contributed by atoms with Crippen molar-refractivity contribution in [2.45, 2.75) is 37.5 Å². The molecule has 3 atom stereocenters. The minimum absolute atomic E-state index is 0.0711. The highest BCUT2D eigenvalue weighted by Gasteiger charge is 2.19. The molecule has 0 aliphatic carbocycles. The monoisotopic (exact) mass is 269 g/mol. The normalized spacial score (nSPS) is 19.4. The highest BCUT2D eigenvalue weighted by molar-refractivity contribution is 14.1. The largest absolute Gasteiger partial charge is 0.236 e. The highest BCUT2D eigenvalue weighted by Crippen LogP contribution is 2.25. The van der Waals surface area contributed by atoms with E-state index in [-0.39, 0.29) is 6.61 Å². The fourth-order valence-electron chi connectivity index (χ4n) is 1.27. The Balaban J connectivity index is 3.70. The lowest BCUT2D eigenvalue weighted by molar-refractivity contribution is 0.143. The molecule has 0 aliphatic heterocycles. The topological polar surface area (TPSA) is 19.9 Å². The molecular formula is C9H18IO. The van der Waals surface area contributed by atoms with Gasteiger partial charge in [-0.2, -0.15) is 0 Å². The van der Waals surface area contributed by atoms with E-state index in [0.29, 0.717) is 15.8 Å². The summed E-state index contributed by atoms with van der Waals surface area (Å²) in [6.45, 7) is 6.56. The van der Waals surface area contributed by atoms with E-state index in [1.165, 1.54) is 12.8 Å². The van der Waals surface area contributed by atoms with Crippen LogP contribution in [0, 0.1) is 11.8 Å². The van der Waals surface area contributed by atoms with Crippen molar-refractivity contribution in [1.82, 2.24) is 0 Å². The van der Waals surface area contributed by atoms with Crippen LogP contribution in [0.4, 0.5) is 0 Å². The molecule has 67 valence electrons. The lowest BCUT2D eigenvalue weighted by atomic mass is 9.94. The van der Waals surface area contributed by atoms with Crippen molar-refractivity contribution in [3.8, 4) is 0 Å². The van der Waals surface area contributed by atoms with Gasteiger partial charge in [-0.05, 0) is 18.3 Å². The summed E-state index contributed by atoms with van der Waals surface area (Å²) in [5.41, 5.74) is 0. The molecule has 0 spiro atoms. The van der Waals surface area contributed by atoms with E-state index in [1.807, 2.05) is 0 Å². The van der Waals surface area contributed by atoms with E-state index in [0.717, 1.165) is 0 Å². The van der Waals surface area contributed by atoms with Crippen molar-refractivity contribution in [3.05, 3.63) is 0 Å². The zero-order valence-electron chi connectivity index (χ0n) is 7.64. The number of hydrogen-bond acceptors (Lipinski definition) is 0. The van der Waals surface area contributed by atoms with Crippen LogP contribution in [-0.4, -0.2) is 10.5 Å². The maximum absolute atomic E-state index is 10.6. The van der Waals surface area contributed by atoms with E-state index in [2.05, 4.69) is 43.4 Å². The summed E-state index contributed by atoms with van der Waals surface area (Å²) in [7, 11) is 0. The van der Waals surface area contributed by atoms with E-state index in [4.69, 9.17) is 0 Å². The van der Waals surface area contributed by atoms with Gasteiger partial charge in [-0.1, -0.05) is 49.8 Å². The molecule has 0 aromatic rings. The second-order valence-corrected chi connectivity index (χ2v) is 4.79. The van der Waals surface area contributed by atoms with Gasteiger partial charge in [0, 0.05) is 3.92 Å². The third kappa shape index (κ3) is 4.31. The zero-order chi connectivity index (χ0) is 8.85. The summed E-state index contributed by atoms with van der Waals surface area (Å²) in [6, 6.07) is 0. The second-order valence-electron chi connectivity index (χ2n) is 3.35. The number of alkyl halides is 1. The summed E-state index contributed by atoms with van der Waals surface area (Å²) < 4.78 is 0.560. The maximum Gasteiger partial charge on any atom is 0.0857 e. The van der Waals surface area contributed by atoms with Gasteiger partial charge in [0.1, 0.15) is 0 Å². The van der Waals surface area contributed by atoms with Gasteiger partial charge in [0.15, 0.2) is 0 Å². The average Bonchev–Trinajstić information content (AvgIpc) is 2.02. The summed E-state index contributed by atoms with van der Waals surface area (Å²) in [5, 5.41) is 10.6. The van der Waals surface area contributed by atoms with Crippen molar-refractivity contribution < 1.29 is 5.11 Å². The summed E-state index contributed by atoms with van der Waals surface area (Å²) in [5.74, 6) is 1.03. The zero-order valence-corrected chi connectivity index (χ0v) is 9.80. The van der Waals surface area contributed by atoms with Crippen LogP contribution in [0.3, 0.4) is 0 Å². The van der Waals surface area contributed by atoms with Crippen LogP contribution in [0.15, 0.2) is 0 Å². The van der Waals surface area contributed by atoms with Crippen molar-refractivity contribution in [2.24, 2.45) is 11.8 Å². The Morgan fingerprint density at radius 2 is 1.82 bits per heavy atom. The van der Waals surface area contributed by atoms with Gasteiger partial charge in [0.25, 0.3) is 0 Å². The molecule has 1 nitrogen and oxygen atoms in total. The Labute approximate surface area is 83.7 Å². The smallest absolute Gasteiger partial charge is 0.0857 e. The van der Waals surface area contributed by atoms with Crippen molar-refractivity contribution >= 4 is 22.6 Å². The summed E-state index contributed by atoms with van der Waals surface area (Å²) in [6.07, 6.45) is 2.48. The SMILES string of the molecule is CCCC(C)C(I)C(C)C[O]. The lowest BCUT2D eigenvalue weighted by Crippen LogP contribution is -2.21. The van der Waals surface area contributed by atoms with E-state index in [1.54, 1.807) is 0 Å². The molecule has 2 heteroatoms. The van der Waals surface area contributed by atoms with Crippen LogP contribution in [0.5, 0.6) is 0 Å². The molecule has 0 aromatic carbocycles. The molecule has 0 aliphatic rings. The molecule has 0 saturated heterocycles. The molecule has 0 fully saturated rings.